The van der Waals surface area contributed by atoms with Crippen molar-refractivity contribution in [3.05, 3.63) is 52.0 Å². The van der Waals surface area contributed by atoms with Gasteiger partial charge in [-0.15, -0.1) is 11.3 Å². The van der Waals surface area contributed by atoms with Crippen LogP contribution < -0.4 is 11.1 Å². The fourth-order valence-electron chi connectivity index (χ4n) is 1.36. The van der Waals surface area contributed by atoms with Gasteiger partial charge in [-0.25, -0.2) is 4.39 Å². The van der Waals surface area contributed by atoms with Gasteiger partial charge < -0.3 is 11.1 Å². The predicted molar refractivity (Wildman–Crippen MR) is 74.6 cm³/mol. The molecule has 18 heavy (non-hydrogen) atoms. The van der Waals surface area contributed by atoms with Crippen molar-refractivity contribution in [3.8, 4) is 0 Å². The van der Waals surface area contributed by atoms with Gasteiger partial charge >= 0.3 is 0 Å². The molecule has 1 amide bonds. The molecule has 6 heteroatoms. The summed E-state index contributed by atoms with van der Waals surface area (Å²) < 4.78 is 13.7. The lowest BCUT2D eigenvalue weighted by Gasteiger charge is -2.06. The number of halogens is 1. The summed E-state index contributed by atoms with van der Waals surface area (Å²) in [6, 6.07) is 7.63. The molecule has 0 aliphatic carbocycles. The molecule has 0 aliphatic heterocycles. The summed E-state index contributed by atoms with van der Waals surface area (Å²) in [6.07, 6.45) is 0. The lowest BCUT2D eigenvalue weighted by Crippen LogP contribution is -2.13. The fourth-order valence-corrected chi connectivity index (χ4v) is 2.11. The van der Waals surface area contributed by atoms with Crippen molar-refractivity contribution >= 4 is 40.1 Å². The average Bonchev–Trinajstić information content (AvgIpc) is 2.85. The van der Waals surface area contributed by atoms with Crippen LogP contribution >= 0.6 is 23.6 Å². The Morgan fingerprint density at radius 3 is 2.72 bits per heavy atom. The number of rotatable bonds is 3. The van der Waals surface area contributed by atoms with Crippen molar-refractivity contribution in [3.63, 3.8) is 0 Å². The molecule has 0 radical (unpaired) electrons. The zero-order valence-corrected chi connectivity index (χ0v) is 10.8. The number of hydrogen-bond donors (Lipinski definition) is 2. The van der Waals surface area contributed by atoms with Gasteiger partial charge in [-0.3, -0.25) is 4.79 Å². The van der Waals surface area contributed by atoms with Crippen LogP contribution in [0.2, 0.25) is 0 Å². The van der Waals surface area contributed by atoms with E-state index in [2.05, 4.69) is 5.32 Å². The van der Waals surface area contributed by atoms with E-state index in [1.165, 1.54) is 23.5 Å². The Kier molecular flexibility index (Phi) is 3.69. The molecule has 0 fully saturated rings. The third kappa shape index (κ3) is 2.72. The second kappa shape index (κ2) is 5.24. The number of nitrogens with one attached hydrogen (secondary N) is 1. The maximum absolute atomic E-state index is 13.7. The van der Waals surface area contributed by atoms with Gasteiger partial charge in [-0.1, -0.05) is 18.3 Å². The normalized spacial score (nSPS) is 10.1. The molecule has 1 heterocycles. The summed E-state index contributed by atoms with van der Waals surface area (Å²) in [5.41, 5.74) is 5.92. The molecule has 0 unspecified atom stereocenters. The Morgan fingerprint density at radius 1 is 1.39 bits per heavy atom. The Labute approximate surface area is 112 Å². The first-order valence-electron chi connectivity index (χ1n) is 5.02. The van der Waals surface area contributed by atoms with E-state index in [9.17, 15) is 9.18 Å². The van der Waals surface area contributed by atoms with Crippen molar-refractivity contribution < 1.29 is 9.18 Å². The maximum Gasteiger partial charge on any atom is 0.265 e. The average molecular weight is 280 g/mol. The van der Waals surface area contributed by atoms with Crippen molar-refractivity contribution in [2.24, 2.45) is 5.73 Å². The molecule has 0 aliphatic rings. The van der Waals surface area contributed by atoms with Gasteiger partial charge in [0.25, 0.3) is 5.91 Å². The Hall–Kier alpha value is -1.79. The molecule has 92 valence electrons. The molecule has 0 saturated carbocycles. The minimum atomic E-state index is -0.565. The highest BCUT2D eigenvalue weighted by Gasteiger charge is 2.11. The molecule has 0 atom stereocenters. The van der Waals surface area contributed by atoms with Crippen LogP contribution in [0, 0.1) is 5.82 Å². The van der Waals surface area contributed by atoms with Crippen molar-refractivity contribution in [1.82, 2.24) is 0 Å². The van der Waals surface area contributed by atoms with Gasteiger partial charge in [0.2, 0.25) is 0 Å². The van der Waals surface area contributed by atoms with E-state index in [0.29, 0.717) is 10.4 Å². The Balaban J connectivity index is 2.20. The SMILES string of the molecule is NC(=S)c1ccc(NC(=O)c2cccs2)c(F)c1. The van der Waals surface area contributed by atoms with Crippen LogP contribution in [0.4, 0.5) is 10.1 Å². The molecule has 2 aromatic rings. The van der Waals surface area contributed by atoms with Crippen LogP contribution in [0.3, 0.4) is 0 Å². The van der Waals surface area contributed by atoms with Gasteiger partial charge in [0.05, 0.1) is 10.6 Å². The molecule has 0 saturated heterocycles. The number of carbonyl (C=O) groups is 1. The highest BCUT2D eigenvalue weighted by atomic mass is 32.1. The molecule has 0 bridgehead atoms. The smallest absolute Gasteiger partial charge is 0.265 e. The maximum atomic E-state index is 13.7. The van der Waals surface area contributed by atoms with Crippen LogP contribution in [0.5, 0.6) is 0 Å². The number of amides is 1. The molecule has 2 rings (SSSR count). The van der Waals surface area contributed by atoms with Crippen molar-refractivity contribution in [1.29, 1.82) is 0 Å². The minimum absolute atomic E-state index is 0.105. The van der Waals surface area contributed by atoms with Gasteiger partial charge in [0.15, 0.2) is 0 Å². The molecule has 3 nitrogen and oxygen atoms in total. The molecular formula is C12H9FN2OS2. The number of thiophene rings is 1. The van der Waals surface area contributed by atoms with E-state index in [1.54, 1.807) is 23.6 Å². The quantitative estimate of drug-likeness (QED) is 0.850. The number of thiocarbonyl (C=S) groups is 1. The van der Waals surface area contributed by atoms with E-state index in [0.717, 1.165) is 0 Å². The van der Waals surface area contributed by atoms with Gasteiger partial charge in [0, 0.05) is 5.56 Å². The lowest BCUT2D eigenvalue weighted by atomic mass is 10.2. The van der Waals surface area contributed by atoms with E-state index in [1.807, 2.05) is 0 Å². The monoisotopic (exact) mass is 280 g/mol. The third-order valence-electron chi connectivity index (χ3n) is 2.25. The molecular weight excluding hydrogens is 271 g/mol. The second-order valence-electron chi connectivity index (χ2n) is 3.49. The first kappa shape index (κ1) is 12.7. The van der Waals surface area contributed by atoms with Crippen LogP contribution in [0.1, 0.15) is 15.2 Å². The summed E-state index contributed by atoms with van der Waals surface area (Å²) >= 11 is 6.03. The standard InChI is InChI=1S/C12H9FN2OS2/c13-8-6-7(11(14)17)3-4-9(8)15-12(16)10-2-1-5-18-10/h1-6H,(H2,14,17)(H,15,16). The summed E-state index contributed by atoms with van der Waals surface area (Å²) in [7, 11) is 0. The molecule has 1 aromatic carbocycles. The number of anilines is 1. The summed E-state index contributed by atoms with van der Waals surface area (Å²) in [4.78, 5) is 12.4. The van der Waals surface area contributed by atoms with E-state index < -0.39 is 5.82 Å². The molecule has 3 N–H and O–H groups in total. The minimum Gasteiger partial charge on any atom is -0.389 e. The topological polar surface area (TPSA) is 55.1 Å². The summed E-state index contributed by atoms with van der Waals surface area (Å²) in [5.74, 6) is -0.905. The zero-order chi connectivity index (χ0) is 13.1. The van der Waals surface area contributed by atoms with Crippen LogP contribution in [-0.2, 0) is 0 Å². The van der Waals surface area contributed by atoms with Gasteiger partial charge in [-0.2, -0.15) is 0 Å². The largest absolute Gasteiger partial charge is 0.389 e. The lowest BCUT2D eigenvalue weighted by molar-refractivity contribution is 0.103. The van der Waals surface area contributed by atoms with E-state index >= 15 is 0 Å². The first-order valence-corrected chi connectivity index (χ1v) is 6.31. The Bertz CT molecular complexity index is 596. The second-order valence-corrected chi connectivity index (χ2v) is 4.88. The van der Waals surface area contributed by atoms with E-state index in [-0.39, 0.29) is 16.6 Å². The van der Waals surface area contributed by atoms with Crippen LogP contribution in [0.15, 0.2) is 35.7 Å². The molecule has 1 aromatic heterocycles. The summed E-state index contributed by atoms with van der Waals surface area (Å²) in [5, 5.41) is 4.27. The highest BCUT2D eigenvalue weighted by molar-refractivity contribution is 7.80. The summed E-state index contributed by atoms with van der Waals surface area (Å²) in [6.45, 7) is 0. The fraction of sp³-hybridized carbons (Fsp3) is 0. The number of hydrogen-bond acceptors (Lipinski definition) is 3. The first-order chi connectivity index (χ1) is 8.58. The van der Waals surface area contributed by atoms with Crippen molar-refractivity contribution in [2.45, 2.75) is 0 Å². The predicted octanol–water partition coefficient (Wildman–Crippen LogP) is 2.77. The van der Waals surface area contributed by atoms with E-state index in [4.69, 9.17) is 18.0 Å². The Morgan fingerprint density at radius 2 is 2.17 bits per heavy atom. The van der Waals surface area contributed by atoms with Gasteiger partial charge in [-0.05, 0) is 29.6 Å². The highest BCUT2D eigenvalue weighted by Crippen LogP contribution is 2.18. The number of nitrogens with two attached hydrogens (primary N) is 1. The molecule has 0 spiro atoms. The van der Waals surface area contributed by atoms with Crippen LogP contribution in [0.25, 0.3) is 0 Å². The van der Waals surface area contributed by atoms with Crippen molar-refractivity contribution in [2.75, 3.05) is 5.32 Å². The number of benzene rings is 1. The van der Waals surface area contributed by atoms with Gasteiger partial charge in [0.1, 0.15) is 10.8 Å². The van der Waals surface area contributed by atoms with Crippen LogP contribution in [-0.4, -0.2) is 10.9 Å². The number of carbonyl (C=O) groups excluding carboxylic acids is 1. The zero-order valence-electron chi connectivity index (χ0n) is 9.14. The third-order valence-corrected chi connectivity index (χ3v) is 3.35.